The van der Waals surface area contributed by atoms with Gasteiger partial charge in [-0.15, -0.1) is 0 Å². The fourth-order valence-corrected chi connectivity index (χ4v) is 2.58. The van der Waals surface area contributed by atoms with E-state index >= 15 is 0 Å². The topological polar surface area (TPSA) is 54.5 Å². The van der Waals surface area contributed by atoms with Crippen molar-refractivity contribution in [2.75, 3.05) is 52.5 Å². The Balaban J connectivity index is 0.000000126. The van der Waals surface area contributed by atoms with E-state index in [1.54, 1.807) is 0 Å². The van der Waals surface area contributed by atoms with Crippen molar-refractivity contribution in [3.63, 3.8) is 0 Å². The van der Waals surface area contributed by atoms with Crippen LogP contribution in [0, 0.1) is 0 Å². The summed E-state index contributed by atoms with van der Waals surface area (Å²) in [4.78, 5) is 0. The number of nitrogens with one attached hydrogen (secondary N) is 3. The summed E-state index contributed by atoms with van der Waals surface area (Å²) in [7, 11) is 0. The van der Waals surface area contributed by atoms with Gasteiger partial charge in [-0.05, 0) is 13.0 Å². The fourth-order valence-electron chi connectivity index (χ4n) is 2.58. The van der Waals surface area contributed by atoms with Crippen LogP contribution in [0.5, 0.6) is 0 Å². The minimum atomic E-state index is -0.189. The molecule has 4 rings (SSSR count). The highest BCUT2D eigenvalue weighted by Gasteiger charge is 2.37. The van der Waals surface area contributed by atoms with E-state index in [-0.39, 0.29) is 5.79 Å². The summed E-state index contributed by atoms with van der Waals surface area (Å²) < 4.78 is 11.0. The van der Waals surface area contributed by atoms with Crippen LogP contribution >= 0.6 is 0 Å². The molecule has 0 bridgehead atoms. The standard InChI is InChI=1S/C7H13NO2.C5H9N.C4H7N/c1-3-8-4-2-7(1)9-5-6-10-7;1-2-4-6-5-3-1;1-2-4-5-3-1/h8H,1-6H2;1-2,6H,3-5H2;1-2,5H,3-4H2. The van der Waals surface area contributed by atoms with Gasteiger partial charge in [-0.1, -0.05) is 24.3 Å². The third kappa shape index (κ3) is 6.72. The molecule has 21 heavy (non-hydrogen) atoms. The third-order valence-electron chi connectivity index (χ3n) is 3.79. The molecule has 1 spiro atoms. The first-order chi connectivity index (χ1) is 10.4. The molecule has 0 aliphatic carbocycles. The first-order valence-electron chi connectivity index (χ1n) is 8.11. The summed E-state index contributed by atoms with van der Waals surface area (Å²) in [5.74, 6) is -0.189. The highest BCUT2D eigenvalue weighted by atomic mass is 16.7. The lowest BCUT2D eigenvalue weighted by molar-refractivity contribution is -0.172. The number of hydrogen-bond donors (Lipinski definition) is 3. The maximum Gasteiger partial charge on any atom is 0.170 e. The Hall–Kier alpha value is -0.720. The summed E-state index contributed by atoms with van der Waals surface area (Å²) >= 11 is 0. The van der Waals surface area contributed by atoms with E-state index in [1.165, 1.54) is 6.42 Å². The summed E-state index contributed by atoms with van der Waals surface area (Å²) in [6.07, 6.45) is 11.8. The van der Waals surface area contributed by atoms with Gasteiger partial charge in [0.1, 0.15) is 0 Å². The Kier molecular flexibility index (Phi) is 7.99. The van der Waals surface area contributed by atoms with Crippen LogP contribution in [0.3, 0.4) is 0 Å². The third-order valence-corrected chi connectivity index (χ3v) is 3.79. The highest BCUT2D eigenvalue weighted by molar-refractivity contribution is 4.92. The molecule has 0 unspecified atom stereocenters. The van der Waals surface area contributed by atoms with Crippen molar-refractivity contribution in [1.82, 2.24) is 16.0 Å². The van der Waals surface area contributed by atoms with Crippen molar-refractivity contribution in [2.45, 2.75) is 25.0 Å². The predicted molar refractivity (Wildman–Crippen MR) is 85.4 cm³/mol. The van der Waals surface area contributed by atoms with Gasteiger partial charge in [-0.2, -0.15) is 0 Å². The molecule has 0 radical (unpaired) electrons. The van der Waals surface area contributed by atoms with Crippen LogP contribution in [0.4, 0.5) is 0 Å². The zero-order valence-electron chi connectivity index (χ0n) is 12.9. The Morgan fingerprint density at radius 1 is 0.667 bits per heavy atom. The second-order valence-electron chi connectivity index (χ2n) is 5.45. The van der Waals surface area contributed by atoms with E-state index < -0.39 is 0 Å². The molecule has 5 heteroatoms. The minimum absolute atomic E-state index is 0.189. The summed E-state index contributed by atoms with van der Waals surface area (Å²) in [6, 6.07) is 0. The fraction of sp³-hybridized carbons (Fsp3) is 0.750. The Bertz CT molecular complexity index is 303. The van der Waals surface area contributed by atoms with Gasteiger partial charge in [-0.25, -0.2) is 0 Å². The van der Waals surface area contributed by atoms with Crippen molar-refractivity contribution < 1.29 is 9.47 Å². The number of ether oxygens (including phenoxy) is 2. The highest BCUT2D eigenvalue weighted by Crippen LogP contribution is 2.28. The second kappa shape index (κ2) is 10.1. The Labute approximate surface area is 128 Å². The maximum absolute atomic E-state index is 5.52. The average molecular weight is 295 g/mol. The van der Waals surface area contributed by atoms with Crippen LogP contribution in [0.1, 0.15) is 19.3 Å². The van der Waals surface area contributed by atoms with Crippen LogP contribution in [0.25, 0.3) is 0 Å². The minimum Gasteiger partial charge on any atom is -0.347 e. The molecular weight excluding hydrogens is 266 g/mol. The molecule has 0 saturated carbocycles. The van der Waals surface area contributed by atoms with E-state index in [9.17, 15) is 0 Å². The van der Waals surface area contributed by atoms with Gasteiger partial charge in [-0.3, -0.25) is 0 Å². The average Bonchev–Trinajstić information content (AvgIpc) is 3.26. The molecule has 5 nitrogen and oxygen atoms in total. The van der Waals surface area contributed by atoms with Crippen LogP contribution < -0.4 is 16.0 Å². The lowest BCUT2D eigenvalue weighted by atomic mass is 10.1. The zero-order chi connectivity index (χ0) is 14.6. The second-order valence-corrected chi connectivity index (χ2v) is 5.45. The van der Waals surface area contributed by atoms with Crippen LogP contribution in [-0.4, -0.2) is 58.3 Å². The van der Waals surface area contributed by atoms with Crippen molar-refractivity contribution in [1.29, 1.82) is 0 Å². The molecule has 0 atom stereocenters. The largest absolute Gasteiger partial charge is 0.347 e. The first kappa shape index (κ1) is 16.6. The van der Waals surface area contributed by atoms with E-state index in [1.807, 2.05) is 0 Å². The molecule has 0 amide bonds. The molecule has 4 aliphatic rings. The molecule has 120 valence electrons. The number of hydrogen-bond acceptors (Lipinski definition) is 5. The molecule has 4 aliphatic heterocycles. The molecule has 0 aromatic heterocycles. The van der Waals surface area contributed by atoms with Gasteiger partial charge in [0.05, 0.1) is 13.2 Å². The quantitative estimate of drug-likeness (QED) is 0.577. The monoisotopic (exact) mass is 295 g/mol. The summed E-state index contributed by atoms with van der Waals surface area (Å²) in [6.45, 7) is 7.98. The Morgan fingerprint density at radius 2 is 1.29 bits per heavy atom. The number of piperidine rings is 1. The Morgan fingerprint density at radius 3 is 1.67 bits per heavy atom. The van der Waals surface area contributed by atoms with Crippen LogP contribution in [0.15, 0.2) is 24.3 Å². The molecule has 4 heterocycles. The van der Waals surface area contributed by atoms with Gasteiger partial charge in [0.15, 0.2) is 5.79 Å². The maximum atomic E-state index is 5.52. The molecule has 3 N–H and O–H groups in total. The molecular formula is C16H29N3O2. The molecule has 2 fully saturated rings. The van der Waals surface area contributed by atoms with E-state index in [2.05, 4.69) is 40.3 Å². The van der Waals surface area contributed by atoms with Crippen molar-refractivity contribution in [3.8, 4) is 0 Å². The van der Waals surface area contributed by atoms with Crippen molar-refractivity contribution in [2.24, 2.45) is 0 Å². The van der Waals surface area contributed by atoms with Gasteiger partial charge >= 0.3 is 0 Å². The van der Waals surface area contributed by atoms with Gasteiger partial charge in [0.2, 0.25) is 0 Å². The molecule has 0 aromatic carbocycles. The summed E-state index contributed by atoms with van der Waals surface area (Å²) in [5, 5.41) is 9.58. The predicted octanol–water partition coefficient (Wildman–Crippen LogP) is 0.795. The molecule has 2 saturated heterocycles. The molecule has 0 aromatic rings. The van der Waals surface area contributed by atoms with E-state index in [0.29, 0.717) is 0 Å². The van der Waals surface area contributed by atoms with Crippen LogP contribution in [0.2, 0.25) is 0 Å². The van der Waals surface area contributed by atoms with Crippen LogP contribution in [-0.2, 0) is 9.47 Å². The lowest BCUT2D eigenvalue weighted by Gasteiger charge is -2.31. The lowest BCUT2D eigenvalue weighted by Crippen LogP contribution is -2.42. The number of rotatable bonds is 0. The van der Waals surface area contributed by atoms with Gasteiger partial charge < -0.3 is 25.4 Å². The first-order valence-corrected chi connectivity index (χ1v) is 8.11. The normalized spacial score (nSPS) is 25.9. The van der Waals surface area contributed by atoms with Gasteiger partial charge in [0.25, 0.3) is 0 Å². The van der Waals surface area contributed by atoms with Crippen molar-refractivity contribution in [3.05, 3.63) is 24.3 Å². The van der Waals surface area contributed by atoms with E-state index in [4.69, 9.17) is 9.47 Å². The smallest absolute Gasteiger partial charge is 0.170 e. The summed E-state index contributed by atoms with van der Waals surface area (Å²) in [5.41, 5.74) is 0. The zero-order valence-corrected chi connectivity index (χ0v) is 12.9. The van der Waals surface area contributed by atoms with E-state index in [0.717, 1.165) is 65.3 Å². The van der Waals surface area contributed by atoms with Crippen molar-refractivity contribution >= 4 is 0 Å². The SMILES string of the molecule is C1=CCNC1.C1=CCNCC1.C1CC2(CCN1)OCCO2. The van der Waals surface area contributed by atoms with Gasteiger partial charge in [0, 0.05) is 45.6 Å².